The van der Waals surface area contributed by atoms with Crippen LogP contribution in [0, 0.1) is 0 Å². The highest BCUT2D eigenvalue weighted by Crippen LogP contribution is 2.32. The molecule has 0 radical (unpaired) electrons. The summed E-state index contributed by atoms with van der Waals surface area (Å²) in [5, 5.41) is 3.86. The van der Waals surface area contributed by atoms with Crippen molar-refractivity contribution < 1.29 is 28.7 Å². The molecule has 8 nitrogen and oxygen atoms in total. The number of nitrogens with zero attached hydrogens (tertiary/aromatic N) is 1. The summed E-state index contributed by atoms with van der Waals surface area (Å²) in [6, 6.07) is 16.0. The zero-order chi connectivity index (χ0) is 24.9. The van der Waals surface area contributed by atoms with Crippen LogP contribution in [0.4, 0.5) is 10.5 Å². The van der Waals surface area contributed by atoms with Gasteiger partial charge < -0.3 is 9.47 Å². The van der Waals surface area contributed by atoms with Crippen LogP contribution in [0.15, 0.2) is 78.9 Å². The van der Waals surface area contributed by atoms with Gasteiger partial charge in [-0.25, -0.2) is 14.5 Å². The van der Waals surface area contributed by atoms with Gasteiger partial charge in [-0.1, -0.05) is 43.0 Å². The van der Waals surface area contributed by atoms with Gasteiger partial charge in [0.1, 0.15) is 17.9 Å². The lowest BCUT2D eigenvalue weighted by atomic mass is 9.99. The summed E-state index contributed by atoms with van der Waals surface area (Å²) in [6.07, 6.45) is 3.01. The first-order valence-corrected chi connectivity index (χ1v) is 10.9. The molecule has 3 aromatic rings. The third-order valence-corrected chi connectivity index (χ3v) is 5.31. The van der Waals surface area contributed by atoms with Crippen molar-refractivity contribution in [1.29, 1.82) is 0 Å². The number of imide groups is 2. The molecule has 1 N–H and O–H groups in total. The summed E-state index contributed by atoms with van der Waals surface area (Å²) in [7, 11) is 0. The molecule has 176 valence electrons. The van der Waals surface area contributed by atoms with Crippen LogP contribution in [0.3, 0.4) is 0 Å². The maximum atomic E-state index is 13.4. The van der Waals surface area contributed by atoms with Gasteiger partial charge in [-0.3, -0.25) is 14.9 Å². The third kappa shape index (κ3) is 4.67. The van der Waals surface area contributed by atoms with Gasteiger partial charge in [0.15, 0.2) is 0 Å². The molecule has 35 heavy (non-hydrogen) atoms. The molecule has 0 atom stereocenters. The topological polar surface area (TPSA) is 102 Å². The van der Waals surface area contributed by atoms with Crippen LogP contribution < -0.4 is 15.0 Å². The number of amides is 4. The second-order valence-electron chi connectivity index (χ2n) is 7.52. The molecule has 4 amide bonds. The molecule has 1 aliphatic heterocycles. The number of hydrogen-bond donors (Lipinski definition) is 1. The van der Waals surface area contributed by atoms with Crippen molar-refractivity contribution in [2.75, 3.05) is 18.1 Å². The number of ether oxygens (including phenoxy) is 2. The maximum absolute atomic E-state index is 13.4. The molecule has 0 bridgehead atoms. The van der Waals surface area contributed by atoms with Crippen molar-refractivity contribution in [3.05, 3.63) is 90.0 Å². The minimum Gasteiger partial charge on any atom is -0.489 e. The number of rotatable bonds is 7. The van der Waals surface area contributed by atoms with E-state index in [0.29, 0.717) is 11.3 Å². The van der Waals surface area contributed by atoms with E-state index in [1.54, 1.807) is 19.1 Å². The average molecular weight is 470 g/mol. The standard InChI is InChI=1S/C27H22N2O6/c1-3-15-35-23-14-11-17-7-5-6-8-20(17)21(23)16-22-24(30)28-27(33)29(25(22)31)19-12-9-18(10-13-19)26(32)34-4-2/h3,5-14,16H,1,4,15H2,2H3,(H,28,30,33)/b22-16+. The van der Waals surface area contributed by atoms with E-state index >= 15 is 0 Å². The highest BCUT2D eigenvalue weighted by molar-refractivity contribution is 6.39. The van der Waals surface area contributed by atoms with Crippen LogP contribution in [-0.4, -0.2) is 37.0 Å². The number of carbonyl (C=O) groups excluding carboxylic acids is 4. The first-order valence-electron chi connectivity index (χ1n) is 10.9. The van der Waals surface area contributed by atoms with Gasteiger partial charge in [-0.2, -0.15) is 0 Å². The molecule has 4 rings (SSSR count). The highest BCUT2D eigenvalue weighted by atomic mass is 16.5. The molecule has 0 aromatic heterocycles. The first-order chi connectivity index (χ1) is 16.9. The van der Waals surface area contributed by atoms with Crippen LogP contribution in [0.2, 0.25) is 0 Å². The summed E-state index contributed by atoms with van der Waals surface area (Å²) in [6.45, 7) is 5.79. The molecular weight excluding hydrogens is 448 g/mol. The van der Waals surface area contributed by atoms with Crippen molar-refractivity contribution in [2.45, 2.75) is 6.92 Å². The lowest BCUT2D eigenvalue weighted by molar-refractivity contribution is -0.122. The average Bonchev–Trinajstić information content (AvgIpc) is 2.86. The maximum Gasteiger partial charge on any atom is 0.338 e. The fraction of sp³-hybridized carbons (Fsp3) is 0.111. The lowest BCUT2D eigenvalue weighted by Crippen LogP contribution is -2.54. The number of anilines is 1. The van der Waals surface area contributed by atoms with E-state index in [-0.39, 0.29) is 30.0 Å². The third-order valence-electron chi connectivity index (χ3n) is 5.31. The van der Waals surface area contributed by atoms with Crippen molar-refractivity contribution in [3.63, 3.8) is 0 Å². The molecule has 1 saturated heterocycles. The Bertz CT molecular complexity index is 1370. The summed E-state index contributed by atoms with van der Waals surface area (Å²) < 4.78 is 10.7. The molecule has 0 unspecified atom stereocenters. The van der Waals surface area contributed by atoms with E-state index in [4.69, 9.17) is 9.47 Å². The number of benzene rings is 3. The second-order valence-corrected chi connectivity index (χ2v) is 7.52. The molecule has 3 aromatic carbocycles. The summed E-state index contributed by atoms with van der Waals surface area (Å²) in [5.41, 5.74) is 0.751. The Morgan fingerprint density at radius 3 is 2.49 bits per heavy atom. The first kappa shape index (κ1) is 23.4. The van der Waals surface area contributed by atoms with E-state index in [2.05, 4.69) is 11.9 Å². The normalized spacial score (nSPS) is 14.7. The molecule has 0 spiro atoms. The Labute approximate surface area is 201 Å². The van der Waals surface area contributed by atoms with Crippen LogP contribution in [0.1, 0.15) is 22.8 Å². The number of urea groups is 1. The van der Waals surface area contributed by atoms with Crippen molar-refractivity contribution in [2.24, 2.45) is 0 Å². The summed E-state index contributed by atoms with van der Waals surface area (Å²) in [4.78, 5) is 51.4. The van der Waals surface area contributed by atoms with E-state index in [1.165, 1.54) is 30.3 Å². The van der Waals surface area contributed by atoms with E-state index in [9.17, 15) is 19.2 Å². The predicted molar refractivity (Wildman–Crippen MR) is 131 cm³/mol. The summed E-state index contributed by atoms with van der Waals surface area (Å²) >= 11 is 0. The molecule has 1 aliphatic rings. The predicted octanol–water partition coefficient (Wildman–Crippen LogP) is 4.25. The lowest BCUT2D eigenvalue weighted by Gasteiger charge is -2.26. The van der Waals surface area contributed by atoms with Gasteiger partial charge in [0.2, 0.25) is 0 Å². The van der Waals surface area contributed by atoms with Crippen LogP contribution in [0.25, 0.3) is 16.8 Å². The minimum atomic E-state index is -0.887. The Kier molecular flexibility index (Phi) is 6.73. The molecule has 0 aliphatic carbocycles. The van der Waals surface area contributed by atoms with Crippen LogP contribution in [0.5, 0.6) is 5.75 Å². The van der Waals surface area contributed by atoms with Gasteiger partial charge in [0.05, 0.1) is 17.9 Å². The number of fused-ring (bicyclic) bond motifs is 1. The van der Waals surface area contributed by atoms with Gasteiger partial charge in [0.25, 0.3) is 11.8 Å². The quantitative estimate of drug-likeness (QED) is 0.240. The fourth-order valence-corrected chi connectivity index (χ4v) is 3.70. The van der Waals surface area contributed by atoms with Crippen molar-refractivity contribution >= 4 is 46.4 Å². The molecule has 1 heterocycles. The zero-order valence-electron chi connectivity index (χ0n) is 18.9. The molecular formula is C27H22N2O6. The Morgan fingerprint density at radius 1 is 1.03 bits per heavy atom. The number of carbonyl (C=O) groups is 4. The van der Waals surface area contributed by atoms with E-state index in [0.717, 1.165) is 15.7 Å². The van der Waals surface area contributed by atoms with Crippen molar-refractivity contribution in [3.8, 4) is 5.75 Å². The smallest absolute Gasteiger partial charge is 0.338 e. The number of nitrogens with one attached hydrogen (secondary N) is 1. The van der Waals surface area contributed by atoms with Crippen LogP contribution >= 0.6 is 0 Å². The SMILES string of the molecule is C=CCOc1ccc2ccccc2c1/C=C1\C(=O)NC(=O)N(c2ccc(C(=O)OCC)cc2)C1=O. The van der Waals surface area contributed by atoms with Crippen molar-refractivity contribution in [1.82, 2.24) is 5.32 Å². The van der Waals surface area contributed by atoms with Gasteiger partial charge in [-0.15, -0.1) is 0 Å². The Balaban J connectivity index is 1.76. The molecule has 0 saturated carbocycles. The van der Waals surface area contributed by atoms with E-state index in [1.807, 2.05) is 30.3 Å². The minimum absolute atomic E-state index is 0.194. The number of esters is 1. The molecule has 1 fully saturated rings. The fourth-order valence-electron chi connectivity index (χ4n) is 3.70. The number of barbiturate groups is 1. The largest absolute Gasteiger partial charge is 0.489 e. The van der Waals surface area contributed by atoms with Gasteiger partial charge >= 0.3 is 12.0 Å². The monoisotopic (exact) mass is 470 g/mol. The van der Waals surface area contributed by atoms with Gasteiger partial charge in [-0.05, 0) is 54.1 Å². The number of hydrogen-bond acceptors (Lipinski definition) is 6. The molecule has 8 heteroatoms. The van der Waals surface area contributed by atoms with E-state index < -0.39 is 23.8 Å². The highest BCUT2D eigenvalue weighted by Gasteiger charge is 2.37. The second kappa shape index (κ2) is 10.0. The zero-order valence-corrected chi connectivity index (χ0v) is 18.9. The van der Waals surface area contributed by atoms with Crippen LogP contribution in [-0.2, 0) is 14.3 Å². The van der Waals surface area contributed by atoms with Gasteiger partial charge in [0, 0.05) is 5.56 Å². The summed E-state index contributed by atoms with van der Waals surface area (Å²) in [5.74, 6) is -1.68. The Hall–Kier alpha value is -4.72. The Morgan fingerprint density at radius 2 is 1.77 bits per heavy atom.